The van der Waals surface area contributed by atoms with Gasteiger partial charge in [-0.1, -0.05) is 96.6 Å². The van der Waals surface area contributed by atoms with E-state index in [1.807, 2.05) is 37.3 Å². The molecule has 2 aromatic carbocycles. The van der Waals surface area contributed by atoms with E-state index >= 15 is 0 Å². The molecule has 2 saturated carbocycles. The minimum Gasteiger partial charge on any atom is -0.207 e. The lowest BCUT2D eigenvalue weighted by atomic mass is 9.89. The van der Waals surface area contributed by atoms with Gasteiger partial charge in [0.1, 0.15) is 0 Å². The minimum atomic E-state index is -3.90. The first-order valence-electron chi connectivity index (χ1n) is 15.1. The van der Waals surface area contributed by atoms with Gasteiger partial charge < -0.3 is 0 Å². The lowest BCUT2D eigenvalue weighted by molar-refractivity contribution is 0.275. The van der Waals surface area contributed by atoms with Crippen molar-refractivity contribution >= 4 is 47.6 Å². The molecular formula is C33H42BrClN2O4S2. The third-order valence-electron chi connectivity index (χ3n) is 8.48. The van der Waals surface area contributed by atoms with Crippen LogP contribution in [0.1, 0.15) is 70.3 Å². The second kappa shape index (κ2) is 15.5. The van der Waals surface area contributed by atoms with Gasteiger partial charge in [-0.2, -0.15) is 8.61 Å². The van der Waals surface area contributed by atoms with E-state index in [-0.39, 0.29) is 28.9 Å². The molecule has 0 saturated heterocycles. The first-order valence-corrected chi connectivity index (χ1v) is 19.1. The Bertz CT molecular complexity index is 1530. The van der Waals surface area contributed by atoms with Gasteiger partial charge in [0.25, 0.3) is 0 Å². The van der Waals surface area contributed by atoms with Crippen molar-refractivity contribution in [3.63, 3.8) is 0 Å². The van der Waals surface area contributed by atoms with Crippen LogP contribution in [0.15, 0.2) is 98.2 Å². The van der Waals surface area contributed by atoms with Crippen LogP contribution in [0, 0.1) is 5.92 Å². The molecule has 43 heavy (non-hydrogen) atoms. The summed E-state index contributed by atoms with van der Waals surface area (Å²) < 4.78 is 60.1. The van der Waals surface area contributed by atoms with E-state index in [1.54, 1.807) is 20.8 Å². The molecule has 0 atom stereocenters. The molecule has 2 aromatic rings. The first kappa shape index (κ1) is 34.1. The fourth-order valence-electron chi connectivity index (χ4n) is 6.01. The van der Waals surface area contributed by atoms with E-state index in [0.717, 1.165) is 67.0 Å². The van der Waals surface area contributed by atoms with Crippen molar-refractivity contribution in [3.8, 4) is 0 Å². The van der Waals surface area contributed by atoms with Gasteiger partial charge in [-0.3, -0.25) is 0 Å². The number of sulfonamides is 2. The Morgan fingerprint density at radius 1 is 0.884 bits per heavy atom. The maximum Gasteiger partial charge on any atom is 0.243 e. The number of hydrogen-bond acceptors (Lipinski definition) is 4. The van der Waals surface area contributed by atoms with Gasteiger partial charge in [0.05, 0.1) is 9.79 Å². The van der Waals surface area contributed by atoms with E-state index in [4.69, 9.17) is 11.6 Å². The van der Waals surface area contributed by atoms with Crippen molar-refractivity contribution in [1.82, 2.24) is 8.61 Å². The van der Waals surface area contributed by atoms with Crippen LogP contribution in [0.3, 0.4) is 0 Å². The van der Waals surface area contributed by atoms with Gasteiger partial charge in [0, 0.05) is 35.2 Å². The van der Waals surface area contributed by atoms with Crippen LogP contribution >= 0.6 is 27.5 Å². The minimum absolute atomic E-state index is 0.0872. The van der Waals surface area contributed by atoms with Crippen LogP contribution in [0.2, 0.25) is 0 Å². The van der Waals surface area contributed by atoms with Gasteiger partial charge in [0.15, 0.2) is 0 Å². The smallest absolute Gasteiger partial charge is 0.207 e. The van der Waals surface area contributed by atoms with E-state index in [2.05, 4.69) is 22.5 Å². The third-order valence-corrected chi connectivity index (χ3v) is 13.1. The molecule has 2 aliphatic rings. The predicted molar refractivity (Wildman–Crippen MR) is 179 cm³/mol. The molecule has 10 heteroatoms. The number of nitrogens with zero attached hydrogens (tertiary/aromatic N) is 2. The average Bonchev–Trinajstić information content (AvgIpc) is 3.53. The molecule has 2 aliphatic carbocycles. The highest BCUT2D eigenvalue weighted by Crippen LogP contribution is 2.32. The van der Waals surface area contributed by atoms with Gasteiger partial charge in [-0.25, -0.2) is 16.8 Å². The Morgan fingerprint density at radius 2 is 1.47 bits per heavy atom. The lowest BCUT2D eigenvalue weighted by Gasteiger charge is -2.30. The third kappa shape index (κ3) is 8.92. The van der Waals surface area contributed by atoms with Crippen LogP contribution in [-0.2, 0) is 26.6 Å². The number of benzene rings is 2. The molecule has 6 nitrogen and oxygen atoms in total. The molecule has 2 fully saturated rings. The summed E-state index contributed by atoms with van der Waals surface area (Å²) in [4.78, 5) is 0.184. The lowest BCUT2D eigenvalue weighted by Crippen LogP contribution is -2.40. The quantitative estimate of drug-likeness (QED) is 0.196. The van der Waals surface area contributed by atoms with Gasteiger partial charge >= 0.3 is 0 Å². The average molecular weight is 710 g/mol. The number of allylic oxidation sites excluding steroid dienone is 3. The highest BCUT2D eigenvalue weighted by atomic mass is 79.9. The van der Waals surface area contributed by atoms with E-state index < -0.39 is 20.0 Å². The molecule has 0 spiro atoms. The molecule has 0 amide bonds. The van der Waals surface area contributed by atoms with Crippen molar-refractivity contribution in [2.24, 2.45) is 5.92 Å². The second-order valence-electron chi connectivity index (χ2n) is 11.5. The largest absolute Gasteiger partial charge is 0.243 e. The Labute approximate surface area is 271 Å². The molecular weight excluding hydrogens is 668 g/mol. The molecule has 0 aliphatic heterocycles. The van der Waals surface area contributed by atoms with E-state index in [9.17, 15) is 16.8 Å². The molecule has 0 unspecified atom stereocenters. The number of rotatable bonds is 13. The summed E-state index contributed by atoms with van der Waals surface area (Å²) >= 11 is 9.49. The molecule has 0 N–H and O–H groups in total. The molecule has 0 heterocycles. The van der Waals surface area contributed by atoms with Crippen molar-refractivity contribution in [2.75, 3.05) is 13.1 Å². The van der Waals surface area contributed by atoms with Gasteiger partial charge in [-0.15, -0.1) is 0 Å². The summed E-state index contributed by atoms with van der Waals surface area (Å²) in [5, 5.41) is 0.364. The second-order valence-corrected chi connectivity index (χ2v) is 16.7. The highest BCUT2D eigenvalue weighted by molar-refractivity contribution is 9.10. The van der Waals surface area contributed by atoms with E-state index in [1.165, 1.54) is 30.7 Å². The summed E-state index contributed by atoms with van der Waals surface area (Å²) in [6.07, 6.45) is 14.3. The van der Waals surface area contributed by atoms with Crippen LogP contribution in [0.25, 0.3) is 0 Å². The summed E-state index contributed by atoms with van der Waals surface area (Å²) in [5.41, 5.74) is 1.70. The molecule has 0 aromatic heterocycles. The van der Waals surface area contributed by atoms with E-state index in [0.29, 0.717) is 17.5 Å². The maximum absolute atomic E-state index is 14.1. The fraction of sp³-hybridized carbons (Fsp3) is 0.455. The number of hydrogen-bond donors (Lipinski definition) is 0. The van der Waals surface area contributed by atoms with Crippen LogP contribution in [0.5, 0.6) is 0 Å². The summed E-state index contributed by atoms with van der Waals surface area (Å²) in [7, 11) is -7.79. The summed E-state index contributed by atoms with van der Waals surface area (Å²) in [6, 6.07) is 13.3. The van der Waals surface area contributed by atoms with Crippen molar-refractivity contribution < 1.29 is 16.8 Å². The highest BCUT2D eigenvalue weighted by Gasteiger charge is 2.34. The molecule has 234 valence electrons. The van der Waals surface area contributed by atoms with Crippen LogP contribution < -0.4 is 0 Å². The van der Waals surface area contributed by atoms with Gasteiger partial charge in [-0.05, 0) is 86.1 Å². The van der Waals surface area contributed by atoms with Crippen molar-refractivity contribution in [2.45, 2.75) is 87.1 Å². The SMILES string of the molecule is C=C(Cl)/C=C\C(=C/C)CN(C1CCCC1)S(=O)(=O)c1ccc(S(=O)(=O)N(Cc2ccccc2Br)CC2CCCCC2)cc1. The van der Waals surface area contributed by atoms with Gasteiger partial charge in [0.2, 0.25) is 20.0 Å². The Morgan fingerprint density at radius 3 is 2.05 bits per heavy atom. The zero-order chi connectivity index (χ0) is 31.0. The summed E-state index contributed by atoms with van der Waals surface area (Å²) in [6.45, 7) is 6.42. The monoisotopic (exact) mass is 708 g/mol. The van der Waals surface area contributed by atoms with Crippen molar-refractivity contribution in [3.05, 3.63) is 94.0 Å². The first-order chi connectivity index (χ1) is 20.5. The topological polar surface area (TPSA) is 74.8 Å². The van der Waals surface area contributed by atoms with Crippen LogP contribution in [-0.4, -0.2) is 44.6 Å². The van der Waals surface area contributed by atoms with Crippen LogP contribution in [0.4, 0.5) is 0 Å². The Balaban J connectivity index is 1.63. The fourth-order valence-corrected chi connectivity index (χ4v) is 9.65. The predicted octanol–water partition coefficient (Wildman–Crippen LogP) is 8.41. The standard InChI is InChI=1S/C33H42BrClN2O4S2/c1-3-27(18-17-26(2)35)24-37(30-14-8-9-15-30)43(40,41)32-21-19-31(20-22-32)42(38,39)36(23-28-11-5-4-6-12-28)25-29-13-7-10-16-33(29)34/h3,7,10,13,16-22,28,30H,2,4-6,8-9,11-12,14-15,23-25H2,1H3/b18-17-,27-3+. The summed E-state index contributed by atoms with van der Waals surface area (Å²) in [5.74, 6) is 0.302. The molecule has 0 bridgehead atoms. The maximum atomic E-state index is 14.1. The Hall–Kier alpha value is -1.75. The molecule has 0 radical (unpaired) electrons. The molecule has 4 rings (SSSR count). The number of halogens is 2. The van der Waals surface area contributed by atoms with Crippen molar-refractivity contribution in [1.29, 1.82) is 0 Å². The Kier molecular flexibility index (Phi) is 12.3. The zero-order valence-corrected chi connectivity index (χ0v) is 28.8. The normalized spacial score (nSPS) is 17.8. The zero-order valence-electron chi connectivity index (χ0n) is 24.8.